The molecule has 0 saturated heterocycles. The van der Waals surface area contributed by atoms with Gasteiger partial charge in [0.1, 0.15) is 11.6 Å². The highest BCUT2D eigenvalue weighted by atomic mass is 32.2. The standard InChI is InChI=1S/C17H15N3O4S/c18-10-14(12-19-11-13-4-2-1-3-5-13)17(21)20-15-6-8-16(9-7-15)25(22,23)24/h1-9,12,19H,11H2,(H,20,21)(H,22,23,24)/b14-12-. The van der Waals surface area contributed by atoms with E-state index in [-0.39, 0.29) is 10.5 Å². The SMILES string of the molecule is N#C/C(=C/NCc1ccccc1)C(=O)Nc1ccc(S(=O)(=O)O)cc1. The molecule has 0 spiro atoms. The fraction of sp³-hybridized carbons (Fsp3) is 0.0588. The molecule has 2 aromatic rings. The van der Waals surface area contributed by atoms with E-state index >= 15 is 0 Å². The highest BCUT2D eigenvalue weighted by Gasteiger charge is 2.11. The van der Waals surface area contributed by atoms with Crippen LogP contribution in [0.15, 0.2) is 71.3 Å². The van der Waals surface area contributed by atoms with Crippen LogP contribution in [0.1, 0.15) is 5.56 Å². The third-order valence-corrected chi connectivity index (χ3v) is 4.04. The minimum Gasteiger partial charge on any atom is -0.386 e. The molecule has 0 aliphatic rings. The second-order valence-corrected chi connectivity index (χ2v) is 6.41. The number of nitrogens with zero attached hydrogens (tertiary/aromatic N) is 1. The van der Waals surface area contributed by atoms with Gasteiger partial charge in [0, 0.05) is 18.4 Å². The van der Waals surface area contributed by atoms with Crippen molar-refractivity contribution in [2.24, 2.45) is 0 Å². The van der Waals surface area contributed by atoms with E-state index in [0.717, 1.165) is 17.7 Å². The first-order valence-corrected chi connectivity index (χ1v) is 8.60. The van der Waals surface area contributed by atoms with Crippen LogP contribution in [0.3, 0.4) is 0 Å². The number of amides is 1. The normalized spacial score (nSPS) is 11.4. The zero-order chi connectivity index (χ0) is 18.3. The smallest absolute Gasteiger partial charge is 0.294 e. The molecule has 0 saturated carbocycles. The summed E-state index contributed by atoms with van der Waals surface area (Å²) in [6.45, 7) is 0.461. The Bertz CT molecular complexity index is 915. The van der Waals surface area contributed by atoms with E-state index in [1.165, 1.54) is 18.3 Å². The first kappa shape index (κ1) is 18.2. The second-order valence-electron chi connectivity index (χ2n) is 4.99. The molecular weight excluding hydrogens is 342 g/mol. The molecule has 0 aliphatic heterocycles. The monoisotopic (exact) mass is 357 g/mol. The highest BCUT2D eigenvalue weighted by Crippen LogP contribution is 2.14. The summed E-state index contributed by atoms with van der Waals surface area (Å²) in [7, 11) is -4.29. The Balaban J connectivity index is 2.00. The van der Waals surface area contributed by atoms with Crippen LogP contribution in [-0.2, 0) is 21.5 Å². The lowest BCUT2D eigenvalue weighted by Crippen LogP contribution is -2.16. The summed E-state index contributed by atoms with van der Waals surface area (Å²) in [5.74, 6) is -0.636. The summed E-state index contributed by atoms with van der Waals surface area (Å²) in [4.78, 5) is 11.8. The molecule has 7 nitrogen and oxygen atoms in total. The van der Waals surface area contributed by atoms with E-state index in [9.17, 15) is 13.2 Å². The summed E-state index contributed by atoms with van der Waals surface area (Å²) in [6.07, 6.45) is 1.31. The van der Waals surface area contributed by atoms with Gasteiger partial charge in [0.2, 0.25) is 0 Å². The maximum Gasteiger partial charge on any atom is 0.294 e. The molecule has 0 aromatic heterocycles. The van der Waals surface area contributed by atoms with Gasteiger partial charge in [0.15, 0.2) is 0 Å². The molecule has 3 N–H and O–H groups in total. The van der Waals surface area contributed by atoms with E-state index in [4.69, 9.17) is 9.81 Å². The number of hydrogen-bond donors (Lipinski definition) is 3. The number of carbonyl (C=O) groups excluding carboxylic acids is 1. The first-order chi connectivity index (χ1) is 11.9. The number of nitrogens with one attached hydrogen (secondary N) is 2. The maximum absolute atomic E-state index is 12.1. The Kier molecular flexibility index (Phi) is 5.89. The van der Waals surface area contributed by atoms with Crippen molar-refractivity contribution in [3.05, 3.63) is 71.9 Å². The van der Waals surface area contributed by atoms with E-state index in [2.05, 4.69) is 10.6 Å². The summed E-state index contributed by atoms with van der Waals surface area (Å²) in [6, 6.07) is 16.2. The number of benzene rings is 2. The van der Waals surface area contributed by atoms with Gasteiger partial charge in [-0.25, -0.2) is 0 Å². The molecule has 8 heteroatoms. The van der Waals surface area contributed by atoms with Crippen LogP contribution in [0.4, 0.5) is 5.69 Å². The molecule has 128 valence electrons. The Morgan fingerprint density at radius 1 is 1.12 bits per heavy atom. The zero-order valence-electron chi connectivity index (χ0n) is 13.0. The summed E-state index contributed by atoms with van der Waals surface area (Å²) >= 11 is 0. The molecule has 0 radical (unpaired) electrons. The fourth-order valence-electron chi connectivity index (χ4n) is 1.92. The van der Waals surface area contributed by atoms with Gasteiger partial charge in [-0.15, -0.1) is 0 Å². The Labute approximate surface area is 145 Å². The number of hydrogen-bond acceptors (Lipinski definition) is 5. The first-order valence-electron chi connectivity index (χ1n) is 7.16. The lowest BCUT2D eigenvalue weighted by Gasteiger charge is -2.06. The van der Waals surface area contributed by atoms with Crippen molar-refractivity contribution in [1.82, 2.24) is 5.32 Å². The quantitative estimate of drug-likeness (QED) is 0.414. The van der Waals surface area contributed by atoms with Crippen LogP contribution in [-0.4, -0.2) is 18.9 Å². The molecule has 0 unspecified atom stereocenters. The maximum atomic E-state index is 12.1. The van der Waals surface area contributed by atoms with Gasteiger partial charge in [-0.1, -0.05) is 30.3 Å². The van der Waals surface area contributed by atoms with Gasteiger partial charge in [-0.05, 0) is 29.8 Å². The summed E-state index contributed by atoms with van der Waals surface area (Å²) in [5.41, 5.74) is 1.16. The molecule has 0 aliphatic carbocycles. The van der Waals surface area contributed by atoms with Crippen molar-refractivity contribution in [2.75, 3.05) is 5.32 Å². The van der Waals surface area contributed by atoms with Crippen LogP contribution in [0.25, 0.3) is 0 Å². The lowest BCUT2D eigenvalue weighted by atomic mass is 10.2. The molecule has 2 aromatic carbocycles. The van der Waals surface area contributed by atoms with Crippen LogP contribution in [0.2, 0.25) is 0 Å². The average molecular weight is 357 g/mol. The Morgan fingerprint density at radius 3 is 2.32 bits per heavy atom. The zero-order valence-corrected chi connectivity index (χ0v) is 13.8. The third-order valence-electron chi connectivity index (χ3n) is 3.17. The van der Waals surface area contributed by atoms with Crippen molar-refractivity contribution in [2.45, 2.75) is 11.4 Å². The predicted molar refractivity (Wildman–Crippen MR) is 91.9 cm³/mol. The van der Waals surface area contributed by atoms with Gasteiger partial charge in [-0.2, -0.15) is 13.7 Å². The van der Waals surface area contributed by atoms with E-state index in [1.54, 1.807) is 6.07 Å². The van der Waals surface area contributed by atoms with Gasteiger partial charge in [-0.3, -0.25) is 9.35 Å². The summed E-state index contributed by atoms with van der Waals surface area (Å²) in [5, 5.41) is 14.5. The highest BCUT2D eigenvalue weighted by molar-refractivity contribution is 7.85. The molecular formula is C17H15N3O4S. The van der Waals surface area contributed by atoms with Crippen LogP contribution in [0, 0.1) is 11.3 Å². The minimum absolute atomic E-state index is 0.130. The van der Waals surface area contributed by atoms with Crippen molar-refractivity contribution < 1.29 is 17.8 Å². The van der Waals surface area contributed by atoms with E-state index in [1.807, 2.05) is 30.3 Å². The topological polar surface area (TPSA) is 119 Å². The minimum atomic E-state index is -4.29. The number of anilines is 1. The molecule has 0 heterocycles. The van der Waals surface area contributed by atoms with Crippen LogP contribution >= 0.6 is 0 Å². The van der Waals surface area contributed by atoms with Crippen molar-refractivity contribution in [3.63, 3.8) is 0 Å². The van der Waals surface area contributed by atoms with Gasteiger partial charge < -0.3 is 10.6 Å². The van der Waals surface area contributed by atoms with Crippen molar-refractivity contribution >= 4 is 21.7 Å². The molecule has 0 fully saturated rings. The molecule has 25 heavy (non-hydrogen) atoms. The van der Waals surface area contributed by atoms with Gasteiger partial charge in [0.25, 0.3) is 16.0 Å². The third kappa shape index (κ3) is 5.46. The largest absolute Gasteiger partial charge is 0.386 e. The van der Waals surface area contributed by atoms with Gasteiger partial charge >= 0.3 is 0 Å². The lowest BCUT2D eigenvalue weighted by molar-refractivity contribution is -0.112. The van der Waals surface area contributed by atoms with Crippen molar-refractivity contribution in [3.8, 4) is 6.07 Å². The molecule has 0 bridgehead atoms. The van der Waals surface area contributed by atoms with E-state index < -0.39 is 16.0 Å². The Morgan fingerprint density at radius 2 is 1.76 bits per heavy atom. The number of rotatable bonds is 6. The predicted octanol–water partition coefficient (Wildman–Crippen LogP) is 2.07. The second kappa shape index (κ2) is 8.10. The molecule has 0 atom stereocenters. The molecule has 1 amide bonds. The van der Waals surface area contributed by atoms with Crippen LogP contribution in [0.5, 0.6) is 0 Å². The van der Waals surface area contributed by atoms with E-state index in [0.29, 0.717) is 12.2 Å². The average Bonchev–Trinajstić information content (AvgIpc) is 2.59. The summed E-state index contributed by atoms with van der Waals surface area (Å²) < 4.78 is 30.8. The van der Waals surface area contributed by atoms with Gasteiger partial charge in [0.05, 0.1) is 4.90 Å². The fourth-order valence-corrected chi connectivity index (χ4v) is 2.40. The molecule has 2 rings (SSSR count). The van der Waals surface area contributed by atoms with Crippen LogP contribution < -0.4 is 10.6 Å². The number of carbonyl (C=O) groups is 1. The Hall–Kier alpha value is -3.15. The number of nitriles is 1. The van der Waals surface area contributed by atoms with Crippen molar-refractivity contribution in [1.29, 1.82) is 5.26 Å².